The first-order valence-corrected chi connectivity index (χ1v) is 3.44. The summed E-state index contributed by atoms with van der Waals surface area (Å²) in [5, 5.41) is 6.49. The van der Waals surface area contributed by atoms with Gasteiger partial charge in [-0.3, -0.25) is 0 Å². The molecule has 2 rings (SSSR count). The Morgan fingerprint density at radius 2 is 2.50 bits per heavy atom. The monoisotopic (exact) mass is 132 g/mol. The molecule has 3 heteroatoms. The van der Waals surface area contributed by atoms with Crippen LogP contribution < -0.4 is 10.6 Å². The number of hydrogen-bond acceptors (Lipinski definition) is 2. The van der Waals surface area contributed by atoms with Crippen molar-refractivity contribution in [3.63, 3.8) is 0 Å². The molecule has 0 aromatic heterocycles. The van der Waals surface area contributed by atoms with Crippen molar-refractivity contribution in [2.45, 2.75) is 13.1 Å². The van der Waals surface area contributed by atoms with E-state index >= 15 is 0 Å². The third-order valence-corrected chi connectivity index (χ3v) is 1.74. The van der Waals surface area contributed by atoms with Gasteiger partial charge in [0.2, 0.25) is 0 Å². The Morgan fingerprint density at radius 3 is 3.30 bits per heavy atom. The Morgan fingerprint density at radius 1 is 1.60 bits per heavy atom. The van der Waals surface area contributed by atoms with Gasteiger partial charge in [-0.15, -0.1) is 0 Å². The van der Waals surface area contributed by atoms with Crippen LogP contribution in [0.2, 0.25) is 0 Å². The van der Waals surface area contributed by atoms with Crippen molar-refractivity contribution in [2.75, 3.05) is 0 Å². The summed E-state index contributed by atoms with van der Waals surface area (Å²) in [7, 11) is 0. The zero-order valence-corrected chi connectivity index (χ0v) is 5.89. The number of rotatable bonds is 0. The van der Waals surface area contributed by atoms with Crippen LogP contribution >= 0.6 is 0 Å². The molecular weight excluding hydrogens is 123 g/mol. The molecule has 50 valence electrons. The zero-order chi connectivity index (χ0) is 6.97. The van der Waals surface area contributed by atoms with E-state index in [0.29, 0.717) is 6.17 Å². The van der Waals surface area contributed by atoms with Crippen LogP contribution in [-0.4, -0.2) is 18.7 Å². The standard InChI is InChI=1S/C7H9BN2/c1-5-8-6-3-2-4-9-7(6)10-5/h2-4,7,9-10H,1H3. The zero-order valence-electron chi connectivity index (χ0n) is 5.89. The third-order valence-electron chi connectivity index (χ3n) is 1.74. The topological polar surface area (TPSA) is 24.1 Å². The Bertz CT molecular complexity index is 240. The summed E-state index contributed by atoms with van der Waals surface area (Å²) in [5.74, 6) is 0. The second kappa shape index (κ2) is 2.01. The van der Waals surface area contributed by atoms with Gasteiger partial charge < -0.3 is 0 Å². The summed E-state index contributed by atoms with van der Waals surface area (Å²) in [5.41, 5.74) is 2.55. The van der Waals surface area contributed by atoms with Gasteiger partial charge in [0, 0.05) is 0 Å². The molecule has 0 spiro atoms. The molecule has 2 nitrogen and oxygen atoms in total. The molecule has 1 atom stereocenters. The molecule has 0 fully saturated rings. The molecule has 0 radical (unpaired) electrons. The normalized spacial score (nSPS) is 27.1. The van der Waals surface area contributed by atoms with Gasteiger partial charge >= 0.3 is 60.1 Å². The van der Waals surface area contributed by atoms with Crippen LogP contribution in [0.15, 0.2) is 23.8 Å². The fourth-order valence-corrected chi connectivity index (χ4v) is 1.28. The van der Waals surface area contributed by atoms with E-state index in [1.165, 1.54) is 11.1 Å². The molecule has 0 aliphatic carbocycles. The second-order valence-corrected chi connectivity index (χ2v) is 2.60. The van der Waals surface area contributed by atoms with Gasteiger partial charge in [-0.05, 0) is 0 Å². The van der Waals surface area contributed by atoms with Gasteiger partial charge in [-0.25, -0.2) is 0 Å². The Kier molecular flexibility index (Phi) is 1.16. The Labute approximate surface area is 60.9 Å². The molecule has 1 unspecified atom stereocenters. The average Bonchev–Trinajstić information content (AvgIpc) is 2.27. The number of nitrogens with one attached hydrogen (secondary N) is 2. The molecule has 0 saturated heterocycles. The third kappa shape index (κ3) is 0.782. The predicted molar refractivity (Wildman–Crippen MR) is 43.7 cm³/mol. The average molecular weight is 132 g/mol. The van der Waals surface area contributed by atoms with Gasteiger partial charge in [0.1, 0.15) is 0 Å². The van der Waals surface area contributed by atoms with Crippen molar-refractivity contribution in [2.24, 2.45) is 0 Å². The second-order valence-electron chi connectivity index (χ2n) is 2.60. The predicted octanol–water partition coefficient (Wildman–Crippen LogP) is -0.230. The molecular formula is C7H9BN2. The number of dihydropyridines is 1. The fourth-order valence-electron chi connectivity index (χ4n) is 1.28. The molecule has 2 heterocycles. The molecule has 0 saturated carbocycles. The minimum atomic E-state index is 0.324. The van der Waals surface area contributed by atoms with Crippen molar-refractivity contribution in [3.05, 3.63) is 23.8 Å². The number of allylic oxidation sites excluding steroid dienone is 2. The Balaban J connectivity index is 2.31. The fraction of sp³-hybridized carbons (Fsp3) is 0.286. The molecule has 2 aliphatic heterocycles. The summed E-state index contributed by atoms with van der Waals surface area (Å²) in [6, 6.07) is 0. The van der Waals surface area contributed by atoms with Gasteiger partial charge in [-0.1, -0.05) is 0 Å². The van der Waals surface area contributed by atoms with Crippen LogP contribution in [0.4, 0.5) is 0 Å². The minimum absolute atomic E-state index is 0.324. The summed E-state index contributed by atoms with van der Waals surface area (Å²) >= 11 is 0. The molecule has 10 heavy (non-hydrogen) atoms. The van der Waals surface area contributed by atoms with E-state index in [9.17, 15) is 0 Å². The van der Waals surface area contributed by atoms with Crippen LogP contribution in [0.5, 0.6) is 0 Å². The molecule has 2 aliphatic rings. The van der Waals surface area contributed by atoms with E-state index in [1.54, 1.807) is 0 Å². The van der Waals surface area contributed by atoms with E-state index in [0.717, 1.165) is 0 Å². The van der Waals surface area contributed by atoms with Crippen molar-refractivity contribution >= 4 is 12.5 Å². The van der Waals surface area contributed by atoms with Crippen LogP contribution in [0, 0.1) is 0 Å². The molecule has 0 aromatic rings. The first kappa shape index (κ1) is 5.77. The van der Waals surface area contributed by atoms with Gasteiger partial charge in [-0.2, -0.15) is 0 Å². The quantitative estimate of drug-likeness (QED) is 0.445. The summed E-state index contributed by atoms with van der Waals surface area (Å²) in [6.07, 6.45) is 6.41. The first-order valence-electron chi connectivity index (χ1n) is 3.44. The molecule has 0 aromatic carbocycles. The SMILES string of the molecule is CC1=BC2=CC=CNC2N1. The summed E-state index contributed by atoms with van der Waals surface area (Å²) in [6.45, 7) is 4.22. The van der Waals surface area contributed by atoms with E-state index in [2.05, 4.69) is 30.6 Å². The molecule has 0 amide bonds. The maximum absolute atomic E-state index is 3.29. The maximum atomic E-state index is 3.29. The van der Waals surface area contributed by atoms with Crippen molar-refractivity contribution < 1.29 is 0 Å². The van der Waals surface area contributed by atoms with Gasteiger partial charge in [0.05, 0.1) is 0 Å². The molecule has 0 bridgehead atoms. The van der Waals surface area contributed by atoms with E-state index < -0.39 is 0 Å². The van der Waals surface area contributed by atoms with Crippen molar-refractivity contribution in [1.29, 1.82) is 0 Å². The van der Waals surface area contributed by atoms with Gasteiger partial charge in [0.25, 0.3) is 0 Å². The van der Waals surface area contributed by atoms with Crippen molar-refractivity contribution in [1.82, 2.24) is 10.6 Å². The van der Waals surface area contributed by atoms with E-state index in [4.69, 9.17) is 0 Å². The summed E-state index contributed by atoms with van der Waals surface area (Å²) < 4.78 is 0. The number of fused-ring (bicyclic) bond motifs is 1. The summed E-state index contributed by atoms with van der Waals surface area (Å²) in [4.78, 5) is 0. The van der Waals surface area contributed by atoms with E-state index in [-0.39, 0.29) is 0 Å². The number of hydrogen-bond donors (Lipinski definition) is 2. The first-order chi connectivity index (χ1) is 4.86. The van der Waals surface area contributed by atoms with Gasteiger partial charge in [0.15, 0.2) is 0 Å². The molecule has 2 N–H and O–H groups in total. The van der Waals surface area contributed by atoms with Crippen LogP contribution in [0.1, 0.15) is 6.92 Å². The van der Waals surface area contributed by atoms with Crippen LogP contribution in [0.3, 0.4) is 0 Å². The Hall–Kier alpha value is -0.985. The van der Waals surface area contributed by atoms with Crippen LogP contribution in [-0.2, 0) is 0 Å². The van der Waals surface area contributed by atoms with Crippen LogP contribution in [0.25, 0.3) is 0 Å². The van der Waals surface area contributed by atoms with Crippen molar-refractivity contribution in [3.8, 4) is 0 Å². The van der Waals surface area contributed by atoms with E-state index in [1.807, 2.05) is 12.3 Å².